The Bertz CT molecular complexity index is 388. The molecule has 0 spiro atoms. The number of nitrogens with zero attached hydrogens (tertiary/aromatic N) is 3. The van der Waals surface area contributed by atoms with Gasteiger partial charge in [-0.15, -0.1) is 0 Å². The molecule has 3 nitrogen and oxygen atoms in total. The van der Waals surface area contributed by atoms with E-state index < -0.39 is 0 Å². The zero-order valence-corrected chi connectivity index (χ0v) is 12.3. The average molecular weight is 256 g/mol. The van der Waals surface area contributed by atoms with Gasteiger partial charge >= 0.3 is 0 Å². The Kier molecular flexibility index (Phi) is 4.36. The first-order valence-electron chi connectivity index (χ1n) is 6.05. The van der Waals surface area contributed by atoms with Gasteiger partial charge in [0.1, 0.15) is 17.3 Å². The van der Waals surface area contributed by atoms with Gasteiger partial charge in [0.2, 0.25) is 0 Å². The number of rotatable bonds is 4. The van der Waals surface area contributed by atoms with E-state index in [-0.39, 0.29) is 5.54 Å². The maximum atomic E-state index is 6.18. The monoisotopic (exact) mass is 255 g/mol. The second-order valence-electron chi connectivity index (χ2n) is 5.28. The molecular weight excluding hydrogens is 234 g/mol. The topological polar surface area (TPSA) is 29.0 Å². The van der Waals surface area contributed by atoms with E-state index in [0.29, 0.717) is 11.1 Å². The lowest BCUT2D eigenvalue weighted by atomic mass is 9.98. The summed E-state index contributed by atoms with van der Waals surface area (Å²) >= 11 is 6.18. The summed E-state index contributed by atoms with van der Waals surface area (Å²) in [6, 6.07) is 0. The van der Waals surface area contributed by atoms with E-state index in [4.69, 9.17) is 11.6 Å². The first kappa shape index (κ1) is 14.2. The Balaban J connectivity index is 3.27. The molecule has 0 aliphatic carbocycles. The minimum absolute atomic E-state index is 0.0569. The van der Waals surface area contributed by atoms with Crippen LogP contribution in [-0.4, -0.2) is 22.6 Å². The number of halogens is 1. The number of hydrogen-bond donors (Lipinski definition) is 0. The van der Waals surface area contributed by atoms with E-state index in [2.05, 4.69) is 56.5 Å². The van der Waals surface area contributed by atoms with E-state index in [0.717, 1.165) is 17.8 Å². The number of anilines is 1. The van der Waals surface area contributed by atoms with Crippen molar-refractivity contribution >= 4 is 17.4 Å². The van der Waals surface area contributed by atoms with E-state index >= 15 is 0 Å². The molecule has 96 valence electrons. The molecular formula is C13H22ClN3. The highest BCUT2D eigenvalue weighted by atomic mass is 35.5. The van der Waals surface area contributed by atoms with Crippen molar-refractivity contribution in [1.82, 2.24) is 9.97 Å². The second kappa shape index (κ2) is 5.21. The van der Waals surface area contributed by atoms with Crippen molar-refractivity contribution in [2.45, 2.75) is 52.5 Å². The fourth-order valence-electron chi connectivity index (χ4n) is 1.65. The van der Waals surface area contributed by atoms with E-state index in [1.807, 2.05) is 0 Å². The molecule has 0 bridgehead atoms. The summed E-state index contributed by atoms with van der Waals surface area (Å²) in [5.41, 5.74) is 1.08. The van der Waals surface area contributed by atoms with Gasteiger partial charge < -0.3 is 4.90 Å². The minimum Gasteiger partial charge on any atom is -0.354 e. The van der Waals surface area contributed by atoms with Gasteiger partial charge in [0.25, 0.3) is 0 Å². The van der Waals surface area contributed by atoms with Crippen LogP contribution in [0.3, 0.4) is 0 Å². The first-order valence-corrected chi connectivity index (χ1v) is 6.43. The number of hydrogen-bond acceptors (Lipinski definition) is 3. The standard InChI is InChI=1S/C13H22ClN3/c1-7-13(4,5)17(6)12-10(9(2)3)11(14)15-8-16-12/h8-9H,7H2,1-6H3. The molecule has 0 aromatic carbocycles. The maximum absolute atomic E-state index is 6.18. The Morgan fingerprint density at radius 3 is 2.41 bits per heavy atom. The summed E-state index contributed by atoms with van der Waals surface area (Å²) < 4.78 is 0. The molecule has 0 saturated heterocycles. The minimum atomic E-state index is 0.0569. The van der Waals surface area contributed by atoms with Crippen LogP contribution in [0.15, 0.2) is 6.33 Å². The lowest BCUT2D eigenvalue weighted by Gasteiger charge is -2.37. The highest BCUT2D eigenvalue weighted by Gasteiger charge is 2.26. The van der Waals surface area contributed by atoms with Gasteiger partial charge in [-0.05, 0) is 26.2 Å². The summed E-state index contributed by atoms with van der Waals surface area (Å²) in [5, 5.41) is 0.559. The van der Waals surface area contributed by atoms with Crippen LogP contribution in [-0.2, 0) is 0 Å². The van der Waals surface area contributed by atoms with Crippen molar-refractivity contribution in [1.29, 1.82) is 0 Å². The second-order valence-corrected chi connectivity index (χ2v) is 5.64. The largest absolute Gasteiger partial charge is 0.354 e. The normalized spacial score (nSPS) is 12.0. The van der Waals surface area contributed by atoms with Crippen molar-refractivity contribution in [3.63, 3.8) is 0 Å². The molecule has 1 rings (SSSR count). The predicted molar refractivity (Wildman–Crippen MR) is 73.9 cm³/mol. The van der Waals surface area contributed by atoms with Crippen LogP contribution >= 0.6 is 11.6 Å². The molecule has 1 aromatic rings. The molecule has 0 saturated carbocycles. The summed E-state index contributed by atoms with van der Waals surface area (Å²) in [4.78, 5) is 10.7. The van der Waals surface area contributed by atoms with E-state index in [9.17, 15) is 0 Å². The van der Waals surface area contributed by atoms with E-state index in [1.165, 1.54) is 6.33 Å². The zero-order valence-electron chi connectivity index (χ0n) is 11.6. The maximum Gasteiger partial charge on any atom is 0.138 e. The highest BCUT2D eigenvalue weighted by Crippen LogP contribution is 2.33. The molecule has 0 unspecified atom stereocenters. The van der Waals surface area contributed by atoms with Crippen LogP contribution < -0.4 is 4.90 Å². The molecule has 0 N–H and O–H groups in total. The van der Waals surface area contributed by atoms with Gasteiger partial charge in [-0.2, -0.15) is 0 Å². The third-order valence-electron chi connectivity index (χ3n) is 3.48. The molecule has 17 heavy (non-hydrogen) atoms. The molecule has 0 aliphatic heterocycles. The smallest absolute Gasteiger partial charge is 0.138 e. The highest BCUT2D eigenvalue weighted by molar-refractivity contribution is 6.30. The molecule has 0 aliphatic rings. The summed E-state index contributed by atoms with van der Waals surface area (Å²) in [6.45, 7) is 10.8. The van der Waals surface area contributed by atoms with Crippen LogP contribution in [0.4, 0.5) is 5.82 Å². The first-order chi connectivity index (χ1) is 7.81. The Morgan fingerprint density at radius 2 is 1.94 bits per heavy atom. The molecule has 4 heteroatoms. The van der Waals surface area contributed by atoms with Gasteiger partial charge in [0.05, 0.1) is 0 Å². The van der Waals surface area contributed by atoms with Crippen LogP contribution in [0.2, 0.25) is 5.15 Å². The Morgan fingerprint density at radius 1 is 1.35 bits per heavy atom. The van der Waals surface area contributed by atoms with Crippen molar-refractivity contribution in [3.8, 4) is 0 Å². The fraction of sp³-hybridized carbons (Fsp3) is 0.692. The summed E-state index contributed by atoms with van der Waals surface area (Å²) in [5.74, 6) is 1.25. The summed E-state index contributed by atoms with van der Waals surface area (Å²) in [6.07, 6.45) is 2.58. The fourth-order valence-corrected chi connectivity index (χ4v) is 2.00. The third kappa shape index (κ3) is 2.89. The van der Waals surface area contributed by atoms with Crippen molar-refractivity contribution < 1.29 is 0 Å². The summed E-state index contributed by atoms with van der Waals surface area (Å²) in [7, 11) is 2.06. The zero-order chi connectivity index (χ0) is 13.2. The van der Waals surface area contributed by atoms with Crippen molar-refractivity contribution in [3.05, 3.63) is 17.0 Å². The predicted octanol–water partition coefficient (Wildman–Crippen LogP) is 3.88. The SMILES string of the molecule is CCC(C)(C)N(C)c1ncnc(Cl)c1C(C)C. The van der Waals surface area contributed by atoms with Crippen LogP contribution in [0.1, 0.15) is 52.5 Å². The molecule has 0 fully saturated rings. The molecule has 0 atom stereocenters. The molecule has 0 radical (unpaired) electrons. The Labute approximate surface area is 109 Å². The van der Waals surface area contributed by atoms with E-state index in [1.54, 1.807) is 0 Å². The molecule has 0 amide bonds. The quantitative estimate of drug-likeness (QED) is 0.765. The third-order valence-corrected chi connectivity index (χ3v) is 3.78. The van der Waals surface area contributed by atoms with Gasteiger partial charge in [-0.1, -0.05) is 32.4 Å². The molecule has 1 heterocycles. The lowest BCUT2D eigenvalue weighted by molar-refractivity contribution is 0.465. The van der Waals surface area contributed by atoms with Gasteiger partial charge in [-0.25, -0.2) is 9.97 Å². The van der Waals surface area contributed by atoms with Gasteiger partial charge in [0, 0.05) is 18.2 Å². The van der Waals surface area contributed by atoms with Crippen LogP contribution in [0, 0.1) is 0 Å². The lowest BCUT2D eigenvalue weighted by Crippen LogP contribution is -2.41. The van der Waals surface area contributed by atoms with Gasteiger partial charge in [0.15, 0.2) is 0 Å². The van der Waals surface area contributed by atoms with Crippen LogP contribution in [0.5, 0.6) is 0 Å². The average Bonchev–Trinajstić information content (AvgIpc) is 2.27. The Hall–Kier alpha value is -0.830. The van der Waals surface area contributed by atoms with Gasteiger partial charge in [-0.3, -0.25) is 0 Å². The number of aromatic nitrogens is 2. The molecule has 1 aromatic heterocycles. The van der Waals surface area contributed by atoms with Crippen molar-refractivity contribution in [2.75, 3.05) is 11.9 Å². The van der Waals surface area contributed by atoms with Crippen molar-refractivity contribution in [2.24, 2.45) is 0 Å². The van der Waals surface area contributed by atoms with Crippen LogP contribution in [0.25, 0.3) is 0 Å².